The van der Waals surface area contributed by atoms with E-state index in [4.69, 9.17) is 0 Å². The normalized spacial score (nSPS) is 14.6. The third kappa shape index (κ3) is 5.52. The third-order valence-electron chi connectivity index (χ3n) is 2.49. The topological polar surface area (TPSA) is 32.3 Å². The zero-order valence-electron chi connectivity index (χ0n) is 10.3. The van der Waals surface area contributed by atoms with Crippen LogP contribution in [0.1, 0.15) is 25.5 Å². The first kappa shape index (κ1) is 14.5. The van der Waals surface area contributed by atoms with Crippen LogP contribution in [0.4, 0.5) is 4.39 Å². The lowest BCUT2D eigenvalue weighted by molar-refractivity contribution is 0.172. The minimum Gasteiger partial charge on any atom is -0.387 e. The van der Waals surface area contributed by atoms with Crippen molar-refractivity contribution in [2.45, 2.75) is 26.0 Å². The van der Waals surface area contributed by atoms with Crippen LogP contribution in [0.15, 0.2) is 24.3 Å². The fourth-order valence-electron chi connectivity index (χ4n) is 1.47. The van der Waals surface area contributed by atoms with Crippen molar-refractivity contribution in [2.24, 2.45) is 0 Å². The Morgan fingerprint density at radius 1 is 1.35 bits per heavy atom. The molecule has 0 aliphatic rings. The van der Waals surface area contributed by atoms with Crippen LogP contribution in [-0.2, 0) is 0 Å². The van der Waals surface area contributed by atoms with Gasteiger partial charge >= 0.3 is 0 Å². The van der Waals surface area contributed by atoms with E-state index in [1.807, 2.05) is 11.8 Å². The molecule has 0 amide bonds. The predicted octanol–water partition coefficient (Wildman–Crippen LogP) is 2.59. The quantitative estimate of drug-likeness (QED) is 0.787. The Hall–Kier alpha value is -0.580. The molecule has 0 aromatic heterocycles. The van der Waals surface area contributed by atoms with E-state index in [1.165, 1.54) is 12.1 Å². The lowest BCUT2D eigenvalue weighted by Gasteiger charge is -2.17. The Balaban J connectivity index is 2.34. The molecule has 0 aliphatic heterocycles. The minimum absolute atomic E-state index is 0.276. The van der Waals surface area contributed by atoms with Gasteiger partial charge in [-0.05, 0) is 30.4 Å². The molecule has 2 atom stereocenters. The zero-order valence-corrected chi connectivity index (χ0v) is 11.1. The van der Waals surface area contributed by atoms with E-state index in [9.17, 15) is 9.50 Å². The molecule has 0 fully saturated rings. The second-order valence-corrected chi connectivity index (χ2v) is 5.36. The highest BCUT2D eigenvalue weighted by Crippen LogP contribution is 2.12. The number of nitrogens with one attached hydrogen (secondary N) is 1. The Morgan fingerprint density at radius 3 is 2.59 bits per heavy atom. The number of halogens is 1. The fourth-order valence-corrected chi connectivity index (χ4v) is 2.18. The first-order valence-corrected chi connectivity index (χ1v) is 7.03. The minimum atomic E-state index is -0.579. The molecule has 2 N–H and O–H groups in total. The Bertz CT molecular complexity index is 318. The van der Waals surface area contributed by atoms with Crippen LogP contribution in [-0.4, -0.2) is 29.2 Å². The van der Waals surface area contributed by atoms with Crippen molar-refractivity contribution >= 4 is 11.8 Å². The van der Waals surface area contributed by atoms with Gasteiger partial charge in [0, 0.05) is 18.3 Å². The molecule has 1 rings (SSSR count). The van der Waals surface area contributed by atoms with E-state index in [1.54, 1.807) is 12.1 Å². The summed E-state index contributed by atoms with van der Waals surface area (Å²) in [6.45, 7) is 4.72. The molecule has 4 heteroatoms. The molecule has 0 saturated carbocycles. The van der Waals surface area contributed by atoms with Gasteiger partial charge in [-0.1, -0.05) is 19.1 Å². The first-order valence-electron chi connectivity index (χ1n) is 5.88. The van der Waals surface area contributed by atoms with Gasteiger partial charge in [-0.3, -0.25) is 0 Å². The van der Waals surface area contributed by atoms with Gasteiger partial charge in [0.05, 0.1) is 6.10 Å². The molecule has 1 aromatic carbocycles. The number of thioether (sulfide) groups is 1. The predicted molar refractivity (Wildman–Crippen MR) is 71.8 cm³/mol. The number of hydrogen-bond acceptors (Lipinski definition) is 3. The molecule has 2 unspecified atom stereocenters. The molecule has 0 bridgehead atoms. The molecular formula is C13H20FNOS. The lowest BCUT2D eigenvalue weighted by Crippen LogP contribution is -2.32. The second-order valence-electron chi connectivity index (χ2n) is 4.04. The van der Waals surface area contributed by atoms with Gasteiger partial charge in [0.15, 0.2) is 0 Å². The number of benzene rings is 1. The molecule has 17 heavy (non-hydrogen) atoms. The molecular weight excluding hydrogens is 237 g/mol. The van der Waals surface area contributed by atoms with Gasteiger partial charge in [-0.2, -0.15) is 11.8 Å². The monoisotopic (exact) mass is 257 g/mol. The SMILES string of the molecule is CCSCC(C)NCC(O)c1ccc(F)cc1. The maximum absolute atomic E-state index is 12.7. The fraction of sp³-hybridized carbons (Fsp3) is 0.538. The molecule has 0 aliphatic carbocycles. The van der Waals surface area contributed by atoms with Crippen molar-refractivity contribution in [1.82, 2.24) is 5.32 Å². The average molecular weight is 257 g/mol. The Morgan fingerprint density at radius 2 is 2.00 bits per heavy atom. The van der Waals surface area contributed by atoms with Crippen LogP contribution in [0.5, 0.6) is 0 Å². The first-order chi connectivity index (χ1) is 8.13. The highest BCUT2D eigenvalue weighted by atomic mass is 32.2. The van der Waals surface area contributed by atoms with E-state index >= 15 is 0 Å². The van der Waals surface area contributed by atoms with Crippen LogP contribution < -0.4 is 5.32 Å². The van der Waals surface area contributed by atoms with Gasteiger partial charge in [0.2, 0.25) is 0 Å². The summed E-state index contributed by atoms with van der Waals surface area (Å²) in [4.78, 5) is 0. The van der Waals surface area contributed by atoms with Crippen molar-refractivity contribution < 1.29 is 9.50 Å². The summed E-state index contributed by atoms with van der Waals surface area (Å²) < 4.78 is 12.7. The molecule has 0 saturated heterocycles. The standard InChI is InChI=1S/C13H20FNOS/c1-3-17-9-10(2)15-8-13(16)11-4-6-12(14)7-5-11/h4-7,10,13,15-16H,3,8-9H2,1-2H3. The maximum atomic E-state index is 12.7. The van der Waals surface area contributed by atoms with Crippen LogP contribution in [0.3, 0.4) is 0 Å². The van der Waals surface area contributed by atoms with Gasteiger partial charge in [0.25, 0.3) is 0 Å². The van der Waals surface area contributed by atoms with Crippen molar-refractivity contribution in [3.05, 3.63) is 35.6 Å². The van der Waals surface area contributed by atoms with Gasteiger partial charge in [0.1, 0.15) is 5.82 Å². The summed E-state index contributed by atoms with van der Waals surface area (Å²) in [7, 11) is 0. The van der Waals surface area contributed by atoms with Crippen molar-refractivity contribution in [3.8, 4) is 0 Å². The van der Waals surface area contributed by atoms with Crippen molar-refractivity contribution in [1.29, 1.82) is 0 Å². The largest absolute Gasteiger partial charge is 0.387 e. The van der Waals surface area contributed by atoms with E-state index in [2.05, 4.69) is 19.2 Å². The van der Waals surface area contributed by atoms with E-state index in [-0.39, 0.29) is 5.82 Å². The highest BCUT2D eigenvalue weighted by molar-refractivity contribution is 7.99. The second kappa shape index (κ2) is 7.69. The van der Waals surface area contributed by atoms with E-state index < -0.39 is 6.10 Å². The summed E-state index contributed by atoms with van der Waals surface area (Å²) in [5.41, 5.74) is 0.745. The van der Waals surface area contributed by atoms with Gasteiger partial charge in [-0.15, -0.1) is 0 Å². The smallest absolute Gasteiger partial charge is 0.123 e. The zero-order chi connectivity index (χ0) is 12.7. The summed E-state index contributed by atoms with van der Waals surface area (Å²) >= 11 is 1.87. The molecule has 96 valence electrons. The van der Waals surface area contributed by atoms with Crippen LogP contribution in [0.2, 0.25) is 0 Å². The van der Waals surface area contributed by atoms with E-state index in [0.29, 0.717) is 12.6 Å². The van der Waals surface area contributed by atoms with Crippen LogP contribution >= 0.6 is 11.8 Å². The van der Waals surface area contributed by atoms with Crippen LogP contribution in [0.25, 0.3) is 0 Å². The molecule has 2 nitrogen and oxygen atoms in total. The summed E-state index contributed by atoms with van der Waals surface area (Å²) in [5, 5.41) is 13.2. The number of hydrogen-bond donors (Lipinski definition) is 2. The highest BCUT2D eigenvalue weighted by Gasteiger charge is 2.09. The van der Waals surface area contributed by atoms with Crippen LogP contribution in [0, 0.1) is 5.82 Å². The van der Waals surface area contributed by atoms with E-state index in [0.717, 1.165) is 17.1 Å². The van der Waals surface area contributed by atoms with Gasteiger partial charge in [-0.25, -0.2) is 4.39 Å². The molecule has 1 aromatic rings. The lowest BCUT2D eigenvalue weighted by atomic mass is 10.1. The molecule has 0 spiro atoms. The Kier molecular flexibility index (Phi) is 6.55. The maximum Gasteiger partial charge on any atom is 0.123 e. The van der Waals surface area contributed by atoms with Crippen molar-refractivity contribution in [2.75, 3.05) is 18.1 Å². The molecule has 0 heterocycles. The Labute approximate surface area is 107 Å². The number of aliphatic hydroxyl groups is 1. The number of rotatable bonds is 7. The molecule has 0 radical (unpaired) electrons. The van der Waals surface area contributed by atoms with Crippen molar-refractivity contribution in [3.63, 3.8) is 0 Å². The summed E-state index contributed by atoms with van der Waals surface area (Å²) in [6, 6.07) is 6.35. The summed E-state index contributed by atoms with van der Waals surface area (Å²) in [5.74, 6) is 1.86. The average Bonchev–Trinajstić information content (AvgIpc) is 2.34. The number of aliphatic hydroxyl groups excluding tert-OH is 1. The third-order valence-corrected chi connectivity index (χ3v) is 3.63. The van der Waals surface area contributed by atoms with Gasteiger partial charge < -0.3 is 10.4 Å². The summed E-state index contributed by atoms with van der Waals surface area (Å²) in [6.07, 6.45) is -0.579.